The van der Waals surface area contributed by atoms with E-state index in [1.807, 2.05) is 116 Å². The topological polar surface area (TPSA) is 178 Å². The molecule has 6 aromatic heterocycles. The van der Waals surface area contributed by atoms with Crippen LogP contribution in [0.15, 0.2) is 401 Å². The number of aliphatic hydroxyl groups excluding tert-OH is 1. The summed E-state index contributed by atoms with van der Waals surface area (Å²) >= 11 is 0. The van der Waals surface area contributed by atoms with Crippen molar-refractivity contribution >= 4 is 195 Å². The van der Waals surface area contributed by atoms with Crippen molar-refractivity contribution in [2.45, 2.75) is 13.8 Å². The van der Waals surface area contributed by atoms with Crippen molar-refractivity contribution in [2.75, 3.05) is 95.6 Å². The van der Waals surface area contributed by atoms with Gasteiger partial charge in [0.15, 0.2) is 32.6 Å². The number of carbonyl (C=O) groups excluding carboxylic acids is 1. The maximum absolute atomic E-state index is 10.1. The molecule has 8 aliphatic rings. The van der Waals surface area contributed by atoms with Gasteiger partial charge in [0.25, 0.3) is 0 Å². The second-order valence-electron chi connectivity index (χ2n) is 36.3. The van der Waals surface area contributed by atoms with Gasteiger partial charge in [-0.15, -0.1) is 107 Å². The average Bonchev–Trinajstić information content (AvgIpc) is 0.721. The van der Waals surface area contributed by atoms with Crippen molar-refractivity contribution in [1.29, 1.82) is 0 Å². The van der Waals surface area contributed by atoms with Crippen LogP contribution in [0.5, 0.6) is 0 Å². The van der Waals surface area contributed by atoms with Gasteiger partial charge in [0.05, 0.1) is 5.76 Å². The number of carbonyl (C=O) groups is 2. The zero-order valence-corrected chi connectivity index (χ0v) is 92.2. The van der Waals surface area contributed by atoms with Gasteiger partial charge in [0.2, 0.25) is 0 Å². The molecule has 26 heteroatoms. The monoisotopic (exact) mass is 2640 g/mol. The molecule has 0 saturated heterocycles. The van der Waals surface area contributed by atoms with Crippen molar-refractivity contribution in [3.63, 3.8) is 0 Å². The molecule has 732 valence electrons. The van der Waals surface area contributed by atoms with E-state index in [0.29, 0.717) is 0 Å². The molecule has 0 amide bonds. The van der Waals surface area contributed by atoms with Crippen LogP contribution in [0.3, 0.4) is 0 Å². The van der Waals surface area contributed by atoms with E-state index in [2.05, 4.69) is 398 Å². The number of aliphatic hydroxyl groups is 1. The summed E-state index contributed by atoms with van der Waals surface area (Å²) in [6.07, 6.45) is 11.8. The molecule has 0 bridgehead atoms. The first-order valence-corrected chi connectivity index (χ1v) is 47.9. The number of ketones is 1. The standard InChI is InChI=1S/4C25H19BN3.C11H8N.C6H5NO2.C5H8O2.4Ir/c4*1-28-21-12-5-3-9-18(21)26-19-10-4-6-13-22(19)29(2)24-16-17(15-23(28)25(24)26)20-11-7-8-14-27-20;1-2-6-10(7-3-1)11-8-4-5-9-12-11;8-6(9)5-3-1-2-4-7-5;1-4(6)3-5(2)7;;;;/h4*3-15H,1-2H3;1-6,8-9H;1-4H,(H,8,9);3,6H,1-2H3;;;;/q5*-1;;;;;;. The van der Waals surface area contributed by atoms with Gasteiger partial charge in [-0.2, -0.15) is 0 Å². The fraction of sp³-hybridized carbons (Fsp3) is 0.0820. The number of aromatic carboxylic acids is 1. The van der Waals surface area contributed by atoms with E-state index in [9.17, 15) is 9.59 Å². The van der Waals surface area contributed by atoms with E-state index in [4.69, 9.17) is 10.2 Å². The molecule has 18 nitrogen and oxygen atoms in total. The summed E-state index contributed by atoms with van der Waals surface area (Å²) in [6, 6.07) is 139. The summed E-state index contributed by atoms with van der Waals surface area (Å²) in [5, 5.41) is 16.7. The zero-order valence-electron chi connectivity index (χ0n) is 82.6. The number of rotatable bonds is 7. The van der Waals surface area contributed by atoms with Crippen LogP contribution in [0, 0.1) is 30.3 Å². The van der Waals surface area contributed by atoms with Crippen LogP contribution in [-0.2, 0) is 85.2 Å². The summed E-state index contributed by atoms with van der Waals surface area (Å²) in [5.74, 6) is -1.05. The Hall–Kier alpha value is -15.3. The van der Waals surface area contributed by atoms with Crippen LogP contribution in [-0.4, -0.2) is 135 Å². The molecule has 0 spiro atoms. The van der Waals surface area contributed by atoms with Crippen LogP contribution in [0.1, 0.15) is 24.3 Å². The molecule has 8 aliphatic heterocycles. The van der Waals surface area contributed by atoms with Crippen molar-refractivity contribution < 1.29 is 100 Å². The van der Waals surface area contributed by atoms with E-state index >= 15 is 0 Å². The molecule has 0 saturated carbocycles. The van der Waals surface area contributed by atoms with Gasteiger partial charge in [0, 0.05) is 226 Å². The number of anilines is 16. The van der Waals surface area contributed by atoms with Gasteiger partial charge in [-0.05, 0) is 179 Å². The molecule has 0 aliphatic carbocycles. The average molecular weight is 2640 g/mol. The molecule has 0 atom stereocenters. The van der Waals surface area contributed by atoms with Gasteiger partial charge in [0.1, 0.15) is 5.69 Å². The number of hydrogen-bond acceptors (Lipinski definition) is 17. The second-order valence-corrected chi connectivity index (χ2v) is 36.3. The smallest absolute Gasteiger partial charge is 0.354 e. The number of fused-ring (bicyclic) bond motifs is 16. The second kappa shape index (κ2) is 45.4. The number of benzene rings is 13. The summed E-state index contributed by atoms with van der Waals surface area (Å²) in [5.41, 5.74) is 45.5. The fourth-order valence-corrected chi connectivity index (χ4v) is 21.3. The molecule has 27 rings (SSSR count). The summed E-state index contributed by atoms with van der Waals surface area (Å²) in [7, 11) is 17.2. The van der Waals surface area contributed by atoms with Crippen molar-refractivity contribution in [2.24, 2.45) is 0 Å². The molecular weight excluding hydrogens is 2540 g/mol. The first-order valence-electron chi connectivity index (χ1n) is 47.9. The van der Waals surface area contributed by atoms with Gasteiger partial charge < -0.3 is 74.3 Å². The summed E-state index contributed by atoms with van der Waals surface area (Å²) in [6.45, 7) is 3.71. The third-order valence-corrected chi connectivity index (χ3v) is 27.8. The minimum Gasteiger partial charge on any atom is -0.512 e. The SMILES string of the molecule is CC(=O)C=C(C)O.CN1c2[c-]c(-c3ccccn3)cc3c2B(c2ccccc21)c1ccccc1N3C.CN1c2[c-]c(-c3ccccn3)cc3c2B(c2ccccc21)c1ccccc1N3C.CN1c2[c-]c(-c3ccccn3)cc3c2B(c2ccccc21)c1ccccc1N3C.CN1c2[c-]c(-c3ccccn3)cc3c2B(c2ccccc21)c1ccccc1N3C.O=C(O)c1ccccn1.[Ir].[Ir].[Ir].[Ir].[c-]1ccccc1-c1ccccn1. The normalized spacial score (nSPS) is 12.6. The first kappa shape index (κ1) is 104. The molecule has 19 aromatic rings. The Morgan fingerprint density at radius 3 is 0.642 bits per heavy atom. The van der Waals surface area contributed by atoms with Gasteiger partial charge in [-0.3, -0.25) is 4.79 Å². The van der Waals surface area contributed by atoms with Crippen LogP contribution >= 0.6 is 0 Å². The molecule has 13 aromatic carbocycles. The van der Waals surface area contributed by atoms with Crippen LogP contribution < -0.4 is 105 Å². The maximum atomic E-state index is 10.1. The van der Waals surface area contributed by atoms with Crippen molar-refractivity contribution in [3.8, 4) is 56.3 Å². The largest absolute Gasteiger partial charge is 0.512 e. The van der Waals surface area contributed by atoms with E-state index < -0.39 is 5.97 Å². The quantitative estimate of drug-likeness (QED) is 0.0666. The van der Waals surface area contributed by atoms with Gasteiger partial charge >= 0.3 is 5.97 Å². The fourth-order valence-electron chi connectivity index (χ4n) is 21.3. The molecule has 148 heavy (non-hydrogen) atoms. The van der Waals surface area contributed by atoms with Crippen LogP contribution in [0.25, 0.3) is 56.3 Å². The number of hydrogen-bond donors (Lipinski definition) is 2. The van der Waals surface area contributed by atoms with Gasteiger partial charge in [-0.1, -0.05) is 278 Å². The number of pyridine rings is 6. The Kier molecular flexibility index (Phi) is 31.9. The number of allylic oxidation sites excluding steroid dienone is 2. The molecular formula is C122H97B4Ir4N14O4-5. The van der Waals surface area contributed by atoms with Crippen molar-refractivity contribution in [3.05, 3.63) is 437 Å². The van der Waals surface area contributed by atoms with Crippen LogP contribution in [0.4, 0.5) is 91.0 Å². The molecule has 0 fully saturated rings. The number of nitrogens with zero attached hydrogens (tertiary/aromatic N) is 14. The number of aromatic nitrogens is 6. The van der Waals surface area contributed by atoms with Crippen molar-refractivity contribution in [1.82, 2.24) is 29.9 Å². The van der Waals surface area contributed by atoms with Gasteiger partial charge in [-0.25, -0.2) is 9.78 Å². The van der Waals surface area contributed by atoms with E-state index in [1.165, 1.54) is 166 Å². The Labute approximate surface area is 919 Å². The number of carboxylic acids is 1. The number of para-hydroxylation sites is 8. The van der Waals surface area contributed by atoms with E-state index in [0.717, 1.165) is 79.0 Å². The third kappa shape index (κ3) is 19.9. The maximum Gasteiger partial charge on any atom is 0.354 e. The third-order valence-electron chi connectivity index (χ3n) is 27.8. The summed E-state index contributed by atoms with van der Waals surface area (Å²) in [4.78, 5) is 64.6. The van der Waals surface area contributed by atoms with E-state index in [-0.39, 0.29) is 125 Å². The Morgan fingerprint density at radius 1 is 0.250 bits per heavy atom. The molecule has 4 radical (unpaired) electrons. The minimum absolute atomic E-state index is 0. The minimum atomic E-state index is -0.990. The predicted molar refractivity (Wildman–Crippen MR) is 595 cm³/mol. The molecule has 2 N–H and O–H groups in total. The van der Waals surface area contributed by atoms with Crippen LogP contribution in [0.2, 0.25) is 0 Å². The predicted octanol–water partition coefficient (Wildman–Crippen LogP) is 17.3. The zero-order chi connectivity index (χ0) is 98.9. The Balaban J connectivity index is 0.000000123. The first-order chi connectivity index (χ1) is 70.3. The Bertz CT molecular complexity index is 6980. The number of carboxylic acid groups (broad SMARTS) is 1. The molecule has 0 unspecified atom stereocenters. The molecule has 14 heterocycles. The summed E-state index contributed by atoms with van der Waals surface area (Å²) < 4.78 is 0. The van der Waals surface area contributed by atoms with E-state index in [1.54, 1.807) is 18.3 Å². The Morgan fingerprint density at radius 2 is 0.459 bits per heavy atom.